The Kier molecular flexibility index (Phi) is 9.16. The second kappa shape index (κ2) is 12.1. The molecule has 0 bridgehead atoms. The van der Waals surface area contributed by atoms with Crippen LogP contribution in [0.2, 0.25) is 0 Å². The number of fused-ring (bicyclic) bond motifs is 1. The quantitative estimate of drug-likeness (QED) is 0.236. The van der Waals surface area contributed by atoms with E-state index in [9.17, 15) is 4.39 Å². The van der Waals surface area contributed by atoms with Crippen LogP contribution in [0.25, 0.3) is 10.9 Å². The number of aromatic amines is 1. The highest BCUT2D eigenvalue weighted by atomic mass is 127. The summed E-state index contributed by atoms with van der Waals surface area (Å²) in [4.78, 5) is 10.2. The standard InChI is InChI=1S/C24H30FN5O.HI/c1-2-26-24(27-10-9-19-17-28-23-15-20(25)5-8-22(19)23)29-16-18-3-6-21(7-4-18)30-11-13-31-14-12-30;/h3-8,15,17,28H,2,9-14,16H2,1H3,(H2,26,27,29);1H. The number of halogens is 2. The summed E-state index contributed by atoms with van der Waals surface area (Å²) in [5, 5.41) is 7.76. The van der Waals surface area contributed by atoms with Gasteiger partial charge in [-0.25, -0.2) is 9.38 Å². The third-order valence-corrected chi connectivity index (χ3v) is 5.49. The van der Waals surface area contributed by atoms with Crippen molar-refractivity contribution in [1.29, 1.82) is 0 Å². The number of aromatic nitrogens is 1. The smallest absolute Gasteiger partial charge is 0.191 e. The van der Waals surface area contributed by atoms with Crippen molar-refractivity contribution >= 4 is 46.5 Å². The Morgan fingerprint density at radius 3 is 2.66 bits per heavy atom. The second-order valence-corrected chi connectivity index (χ2v) is 7.64. The van der Waals surface area contributed by atoms with E-state index < -0.39 is 0 Å². The Balaban J connectivity index is 0.00000289. The van der Waals surface area contributed by atoms with E-state index in [2.05, 4.69) is 51.7 Å². The molecule has 0 aliphatic carbocycles. The number of hydrogen-bond donors (Lipinski definition) is 3. The van der Waals surface area contributed by atoms with Crippen LogP contribution in [0.15, 0.2) is 53.7 Å². The van der Waals surface area contributed by atoms with Crippen molar-refractivity contribution in [2.24, 2.45) is 4.99 Å². The van der Waals surface area contributed by atoms with Gasteiger partial charge in [0.2, 0.25) is 0 Å². The molecule has 1 aromatic heterocycles. The van der Waals surface area contributed by atoms with Crippen molar-refractivity contribution in [3.8, 4) is 0 Å². The van der Waals surface area contributed by atoms with E-state index in [-0.39, 0.29) is 29.8 Å². The zero-order chi connectivity index (χ0) is 21.5. The van der Waals surface area contributed by atoms with Crippen LogP contribution in [0.5, 0.6) is 0 Å². The van der Waals surface area contributed by atoms with Gasteiger partial charge in [0.1, 0.15) is 5.82 Å². The lowest BCUT2D eigenvalue weighted by Crippen LogP contribution is -2.38. The molecule has 0 amide bonds. The lowest BCUT2D eigenvalue weighted by molar-refractivity contribution is 0.122. The number of anilines is 1. The van der Waals surface area contributed by atoms with Gasteiger partial charge in [-0.15, -0.1) is 24.0 Å². The summed E-state index contributed by atoms with van der Waals surface area (Å²) in [5.74, 6) is 0.573. The number of guanidine groups is 1. The maximum atomic E-state index is 13.4. The van der Waals surface area contributed by atoms with E-state index in [0.29, 0.717) is 6.54 Å². The molecule has 6 nitrogen and oxygen atoms in total. The minimum absolute atomic E-state index is 0. The number of hydrogen-bond acceptors (Lipinski definition) is 3. The maximum absolute atomic E-state index is 13.4. The Morgan fingerprint density at radius 1 is 1.12 bits per heavy atom. The van der Waals surface area contributed by atoms with E-state index in [4.69, 9.17) is 9.73 Å². The first kappa shape index (κ1) is 24.3. The summed E-state index contributed by atoms with van der Waals surface area (Å²) < 4.78 is 18.8. The number of benzene rings is 2. The highest BCUT2D eigenvalue weighted by molar-refractivity contribution is 14.0. The van der Waals surface area contributed by atoms with Crippen LogP contribution in [-0.4, -0.2) is 50.3 Å². The Labute approximate surface area is 205 Å². The summed E-state index contributed by atoms with van der Waals surface area (Å²) in [6.45, 7) is 7.68. The summed E-state index contributed by atoms with van der Waals surface area (Å²) in [6.07, 6.45) is 2.77. The highest BCUT2D eigenvalue weighted by Gasteiger charge is 2.10. The van der Waals surface area contributed by atoms with E-state index in [0.717, 1.165) is 68.2 Å². The van der Waals surface area contributed by atoms with E-state index >= 15 is 0 Å². The lowest BCUT2D eigenvalue weighted by atomic mass is 10.1. The molecule has 32 heavy (non-hydrogen) atoms. The van der Waals surface area contributed by atoms with E-state index in [1.54, 1.807) is 0 Å². The zero-order valence-corrected chi connectivity index (χ0v) is 20.7. The molecule has 0 saturated carbocycles. The number of aliphatic imine (C=N–C) groups is 1. The van der Waals surface area contributed by atoms with Crippen molar-refractivity contribution in [2.45, 2.75) is 19.9 Å². The normalized spacial score (nSPS) is 14.3. The van der Waals surface area contributed by atoms with Gasteiger partial charge >= 0.3 is 0 Å². The highest BCUT2D eigenvalue weighted by Crippen LogP contribution is 2.19. The van der Waals surface area contributed by atoms with Crippen molar-refractivity contribution in [3.63, 3.8) is 0 Å². The van der Waals surface area contributed by atoms with Crippen LogP contribution in [0.1, 0.15) is 18.1 Å². The van der Waals surface area contributed by atoms with Crippen molar-refractivity contribution in [1.82, 2.24) is 15.6 Å². The molecule has 0 radical (unpaired) electrons. The van der Waals surface area contributed by atoms with Gasteiger partial charge in [-0.1, -0.05) is 12.1 Å². The number of rotatable bonds is 7. The fourth-order valence-corrected chi connectivity index (χ4v) is 3.83. The second-order valence-electron chi connectivity index (χ2n) is 7.64. The Hall–Kier alpha value is -2.33. The largest absolute Gasteiger partial charge is 0.378 e. The molecule has 0 unspecified atom stereocenters. The van der Waals surface area contributed by atoms with E-state index in [1.807, 2.05) is 12.3 Å². The molecule has 3 aromatic rings. The molecular weight excluding hydrogens is 520 g/mol. The average molecular weight is 551 g/mol. The van der Waals surface area contributed by atoms with Crippen LogP contribution in [0, 0.1) is 5.82 Å². The van der Waals surface area contributed by atoms with Crippen LogP contribution in [-0.2, 0) is 17.7 Å². The fraction of sp³-hybridized carbons (Fsp3) is 0.375. The minimum Gasteiger partial charge on any atom is -0.378 e. The molecule has 8 heteroatoms. The van der Waals surface area contributed by atoms with Crippen LogP contribution in [0.4, 0.5) is 10.1 Å². The molecule has 1 aliphatic heterocycles. The molecule has 3 N–H and O–H groups in total. The number of nitrogens with one attached hydrogen (secondary N) is 3. The van der Waals surface area contributed by atoms with Gasteiger partial charge in [-0.3, -0.25) is 0 Å². The first-order valence-electron chi connectivity index (χ1n) is 10.9. The van der Waals surface area contributed by atoms with Crippen molar-refractivity contribution < 1.29 is 9.13 Å². The van der Waals surface area contributed by atoms with Crippen LogP contribution in [0.3, 0.4) is 0 Å². The summed E-state index contributed by atoms with van der Waals surface area (Å²) in [6, 6.07) is 13.5. The van der Waals surface area contributed by atoms with E-state index in [1.165, 1.54) is 23.4 Å². The third kappa shape index (κ3) is 6.35. The van der Waals surface area contributed by atoms with Crippen LogP contribution < -0.4 is 15.5 Å². The number of morpholine rings is 1. The third-order valence-electron chi connectivity index (χ3n) is 5.49. The van der Waals surface area contributed by atoms with Gasteiger partial charge in [0.25, 0.3) is 0 Å². The zero-order valence-electron chi connectivity index (χ0n) is 18.4. The van der Waals surface area contributed by atoms with Gasteiger partial charge < -0.3 is 25.3 Å². The molecule has 1 saturated heterocycles. The molecule has 0 atom stereocenters. The number of nitrogens with zero attached hydrogens (tertiary/aromatic N) is 2. The average Bonchev–Trinajstić information content (AvgIpc) is 3.20. The topological polar surface area (TPSA) is 64.7 Å². The summed E-state index contributed by atoms with van der Waals surface area (Å²) >= 11 is 0. The molecule has 2 aromatic carbocycles. The minimum atomic E-state index is -0.224. The SMILES string of the molecule is CCNC(=NCc1ccc(N2CCOCC2)cc1)NCCc1c[nH]c2cc(F)ccc12.I. The van der Waals surface area contributed by atoms with Crippen molar-refractivity contribution in [3.05, 3.63) is 65.6 Å². The van der Waals surface area contributed by atoms with Crippen molar-refractivity contribution in [2.75, 3.05) is 44.3 Å². The molecule has 1 fully saturated rings. The number of H-pyrrole nitrogens is 1. The Morgan fingerprint density at radius 2 is 1.91 bits per heavy atom. The predicted octanol–water partition coefficient (Wildman–Crippen LogP) is 4.06. The molecule has 2 heterocycles. The molecule has 4 rings (SSSR count). The van der Waals surface area contributed by atoms with Gasteiger partial charge in [0.05, 0.1) is 19.8 Å². The van der Waals surface area contributed by atoms with Gasteiger partial charge in [-0.2, -0.15) is 0 Å². The van der Waals surface area contributed by atoms with Gasteiger partial charge in [0, 0.05) is 49.0 Å². The lowest BCUT2D eigenvalue weighted by Gasteiger charge is -2.28. The molecule has 172 valence electrons. The maximum Gasteiger partial charge on any atom is 0.191 e. The summed E-state index contributed by atoms with van der Waals surface area (Å²) in [5.41, 5.74) is 4.40. The molecule has 0 spiro atoms. The summed E-state index contributed by atoms with van der Waals surface area (Å²) in [7, 11) is 0. The molecular formula is C24H31FIN5O. The molecule has 1 aliphatic rings. The predicted molar refractivity (Wildman–Crippen MR) is 140 cm³/mol. The van der Waals surface area contributed by atoms with Crippen LogP contribution >= 0.6 is 24.0 Å². The van der Waals surface area contributed by atoms with Gasteiger partial charge in [-0.05, 0) is 54.8 Å². The monoisotopic (exact) mass is 551 g/mol. The fourth-order valence-electron chi connectivity index (χ4n) is 3.83. The van der Waals surface area contributed by atoms with Gasteiger partial charge in [0.15, 0.2) is 5.96 Å². The number of ether oxygens (including phenoxy) is 1. The first-order chi connectivity index (χ1) is 15.2. The first-order valence-corrected chi connectivity index (χ1v) is 10.9. The Bertz CT molecular complexity index is 1010.